The van der Waals surface area contributed by atoms with E-state index in [1.54, 1.807) is 44.6 Å². The van der Waals surface area contributed by atoms with E-state index in [4.69, 9.17) is 9.47 Å². The standard InChI is InChI=1S/C21H25FN2O3/c1-26-18-7-8-19(20(13-18)27-2)21(25)24-11-9-17(10-12-24)23-14-15-3-5-16(22)6-4-15/h3-8,13,17,23H,9-12,14H2,1-2H3. The zero-order chi connectivity index (χ0) is 19.2. The minimum Gasteiger partial charge on any atom is -0.497 e. The third-order valence-electron chi connectivity index (χ3n) is 4.93. The molecule has 2 aromatic rings. The normalized spacial score (nSPS) is 14.9. The second-order valence-electron chi connectivity index (χ2n) is 6.64. The summed E-state index contributed by atoms with van der Waals surface area (Å²) in [7, 11) is 3.14. The van der Waals surface area contributed by atoms with Crippen LogP contribution in [0.1, 0.15) is 28.8 Å². The van der Waals surface area contributed by atoms with Gasteiger partial charge in [0.15, 0.2) is 0 Å². The van der Waals surface area contributed by atoms with Crippen molar-refractivity contribution < 1.29 is 18.7 Å². The molecule has 0 aliphatic carbocycles. The van der Waals surface area contributed by atoms with Gasteiger partial charge in [-0.2, -0.15) is 0 Å². The highest BCUT2D eigenvalue weighted by Crippen LogP contribution is 2.26. The van der Waals surface area contributed by atoms with E-state index in [1.807, 2.05) is 4.90 Å². The Labute approximate surface area is 159 Å². The summed E-state index contributed by atoms with van der Waals surface area (Å²) < 4.78 is 23.5. The van der Waals surface area contributed by atoms with Crippen LogP contribution in [0.25, 0.3) is 0 Å². The number of methoxy groups -OCH3 is 2. The monoisotopic (exact) mass is 372 g/mol. The van der Waals surface area contributed by atoms with Gasteiger partial charge in [0.1, 0.15) is 17.3 Å². The summed E-state index contributed by atoms with van der Waals surface area (Å²) in [5, 5.41) is 3.49. The maximum absolute atomic E-state index is 13.0. The molecule has 5 nitrogen and oxygen atoms in total. The number of likely N-dealkylation sites (tertiary alicyclic amines) is 1. The minimum atomic E-state index is -0.223. The van der Waals surface area contributed by atoms with Gasteiger partial charge >= 0.3 is 0 Å². The number of piperidine rings is 1. The van der Waals surface area contributed by atoms with E-state index < -0.39 is 0 Å². The van der Waals surface area contributed by atoms with Crippen LogP contribution in [0.2, 0.25) is 0 Å². The van der Waals surface area contributed by atoms with Gasteiger partial charge in [0, 0.05) is 31.7 Å². The van der Waals surface area contributed by atoms with Gasteiger partial charge in [-0.1, -0.05) is 12.1 Å². The molecule has 27 heavy (non-hydrogen) atoms. The number of amides is 1. The molecule has 1 aliphatic heterocycles. The first-order valence-electron chi connectivity index (χ1n) is 9.10. The fourth-order valence-corrected chi connectivity index (χ4v) is 3.30. The zero-order valence-electron chi connectivity index (χ0n) is 15.7. The van der Waals surface area contributed by atoms with E-state index >= 15 is 0 Å². The number of nitrogens with one attached hydrogen (secondary N) is 1. The van der Waals surface area contributed by atoms with Crippen LogP contribution < -0.4 is 14.8 Å². The van der Waals surface area contributed by atoms with Gasteiger partial charge in [0.25, 0.3) is 5.91 Å². The van der Waals surface area contributed by atoms with Crippen molar-refractivity contribution in [2.45, 2.75) is 25.4 Å². The molecular formula is C21H25FN2O3. The Morgan fingerprint density at radius 3 is 2.44 bits per heavy atom. The average Bonchev–Trinajstić information content (AvgIpc) is 2.72. The number of benzene rings is 2. The van der Waals surface area contributed by atoms with Crippen molar-refractivity contribution in [3.05, 3.63) is 59.4 Å². The second kappa shape index (κ2) is 8.86. The zero-order valence-corrected chi connectivity index (χ0v) is 15.7. The highest BCUT2D eigenvalue weighted by atomic mass is 19.1. The molecule has 1 heterocycles. The number of nitrogens with zero attached hydrogens (tertiary/aromatic N) is 1. The van der Waals surface area contributed by atoms with Crippen molar-refractivity contribution >= 4 is 5.91 Å². The van der Waals surface area contributed by atoms with Crippen molar-refractivity contribution in [1.29, 1.82) is 0 Å². The van der Waals surface area contributed by atoms with Crippen LogP contribution in [0.5, 0.6) is 11.5 Å². The third kappa shape index (κ3) is 4.77. The molecule has 2 aromatic carbocycles. The topological polar surface area (TPSA) is 50.8 Å². The summed E-state index contributed by atoms with van der Waals surface area (Å²) in [4.78, 5) is 14.7. The lowest BCUT2D eigenvalue weighted by Gasteiger charge is -2.33. The van der Waals surface area contributed by atoms with E-state index in [9.17, 15) is 9.18 Å². The van der Waals surface area contributed by atoms with Gasteiger partial charge in [-0.3, -0.25) is 4.79 Å². The quantitative estimate of drug-likeness (QED) is 0.846. The van der Waals surface area contributed by atoms with Crippen molar-refractivity contribution in [1.82, 2.24) is 10.2 Å². The van der Waals surface area contributed by atoms with Gasteiger partial charge in [0.2, 0.25) is 0 Å². The molecule has 3 rings (SSSR count). The Kier molecular flexibility index (Phi) is 6.29. The molecule has 0 saturated carbocycles. The Balaban J connectivity index is 1.54. The number of hydrogen-bond donors (Lipinski definition) is 1. The van der Waals surface area contributed by atoms with E-state index in [1.165, 1.54) is 12.1 Å². The first-order valence-corrected chi connectivity index (χ1v) is 9.10. The lowest BCUT2D eigenvalue weighted by Crippen LogP contribution is -2.44. The highest BCUT2D eigenvalue weighted by molar-refractivity contribution is 5.97. The summed E-state index contributed by atoms with van der Waals surface area (Å²) >= 11 is 0. The molecule has 6 heteroatoms. The smallest absolute Gasteiger partial charge is 0.257 e. The highest BCUT2D eigenvalue weighted by Gasteiger charge is 2.25. The van der Waals surface area contributed by atoms with E-state index in [0.29, 0.717) is 42.7 Å². The summed E-state index contributed by atoms with van der Waals surface area (Å²) in [6.07, 6.45) is 1.76. The third-order valence-corrected chi connectivity index (χ3v) is 4.93. The number of rotatable bonds is 6. The number of carbonyl (C=O) groups excluding carboxylic acids is 1. The largest absolute Gasteiger partial charge is 0.497 e. The molecule has 1 saturated heterocycles. The van der Waals surface area contributed by atoms with E-state index in [2.05, 4.69) is 5.32 Å². The molecule has 0 spiro atoms. The Morgan fingerprint density at radius 2 is 1.81 bits per heavy atom. The van der Waals surface area contributed by atoms with Crippen LogP contribution >= 0.6 is 0 Å². The predicted molar refractivity (Wildman–Crippen MR) is 102 cm³/mol. The molecule has 144 valence electrons. The van der Waals surface area contributed by atoms with Crippen LogP contribution in [-0.2, 0) is 6.54 Å². The predicted octanol–water partition coefficient (Wildman–Crippen LogP) is 3.24. The Morgan fingerprint density at radius 1 is 1.11 bits per heavy atom. The number of ether oxygens (including phenoxy) is 2. The molecule has 0 aromatic heterocycles. The van der Waals surface area contributed by atoms with E-state index in [0.717, 1.165) is 18.4 Å². The number of hydrogen-bond acceptors (Lipinski definition) is 4. The minimum absolute atomic E-state index is 0.0218. The Hall–Kier alpha value is -2.60. The van der Waals surface area contributed by atoms with Crippen LogP contribution in [0.15, 0.2) is 42.5 Å². The molecule has 0 radical (unpaired) electrons. The average molecular weight is 372 g/mol. The molecule has 0 bridgehead atoms. The van der Waals surface area contributed by atoms with Gasteiger partial charge in [-0.05, 0) is 42.7 Å². The lowest BCUT2D eigenvalue weighted by atomic mass is 10.0. The molecule has 1 amide bonds. The summed E-state index contributed by atoms with van der Waals surface area (Å²) in [6.45, 7) is 2.08. The van der Waals surface area contributed by atoms with Gasteiger partial charge in [0.05, 0.1) is 19.8 Å². The van der Waals surface area contributed by atoms with Crippen molar-refractivity contribution in [3.8, 4) is 11.5 Å². The van der Waals surface area contributed by atoms with Crippen LogP contribution in [0.4, 0.5) is 4.39 Å². The summed E-state index contributed by atoms with van der Waals surface area (Å²) in [5.41, 5.74) is 1.61. The van der Waals surface area contributed by atoms with Crippen molar-refractivity contribution in [2.24, 2.45) is 0 Å². The maximum Gasteiger partial charge on any atom is 0.257 e. The fraction of sp³-hybridized carbons (Fsp3) is 0.381. The molecular weight excluding hydrogens is 347 g/mol. The first kappa shape index (κ1) is 19.2. The SMILES string of the molecule is COc1ccc(C(=O)N2CCC(NCc3ccc(F)cc3)CC2)c(OC)c1. The van der Waals surface area contributed by atoms with Gasteiger partial charge in [-0.15, -0.1) is 0 Å². The van der Waals surface area contributed by atoms with Crippen molar-refractivity contribution in [3.63, 3.8) is 0 Å². The first-order chi connectivity index (χ1) is 13.1. The molecule has 0 unspecified atom stereocenters. The summed E-state index contributed by atoms with van der Waals surface area (Å²) in [5.74, 6) is 0.939. The lowest BCUT2D eigenvalue weighted by molar-refractivity contribution is 0.0701. The molecule has 1 fully saturated rings. The number of carbonyl (C=O) groups is 1. The second-order valence-corrected chi connectivity index (χ2v) is 6.64. The number of halogens is 1. The van der Waals surface area contributed by atoms with E-state index in [-0.39, 0.29) is 11.7 Å². The maximum atomic E-state index is 13.0. The Bertz CT molecular complexity index is 771. The van der Waals surface area contributed by atoms with Crippen LogP contribution in [0, 0.1) is 5.82 Å². The van der Waals surface area contributed by atoms with Gasteiger partial charge < -0.3 is 19.7 Å². The van der Waals surface area contributed by atoms with Crippen LogP contribution in [0.3, 0.4) is 0 Å². The van der Waals surface area contributed by atoms with Crippen LogP contribution in [-0.4, -0.2) is 44.2 Å². The van der Waals surface area contributed by atoms with Crippen molar-refractivity contribution in [2.75, 3.05) is 27.3 Å². The fourth-order valence-electron chi connectivity index (χ4n) is 3.30. The molecule has 1 N–H and O–H groups in total. The molecule has 0 atom stereocenters. The summed E-state index contributed by atoms with van der Waals surface area (Å²) in [6, 6.07) is 12.1. The van der Waals surface area contributed by atoms with Gasteiger partial charge in [-0.25, -0.2) is 4.39 Å². The molecule has 1 aliphatic rings.